The molecule has 1 unspecified atom stereocenters. The Hall–Kier alpha value is -0.380. The number of nitrogens with one attached hydrogen (secondary N) is 2. The summed E-state index contributed by atoms with van der Waals surface area (Å²) in [5.41, 5.74) is 0. The number of hydrogen-bond donors (Lipinski definition) is 2. The third-order valence-corrected chi connectivity index (χ3v) is 4.42. The van der Waals surface area contributed by atoms with Crippen molar-refractivity contribution >= 4 is 17.7 Å². The maximum atomic E-state index is 4.71. The van der Waals surface area contributed by atoms with Crippen LogP contribution in [0.15, 0.2) is 4.99 Å². The lowest BCUT2D eigenvalue weighted by Crippen LogP contribution is -2.40. The molecule has 1 atom stereocenters. The Bertz CT molecular complexity index is 245. The van der Waals surface area contributed by atoms with Gasteiger partial charge in [-0.25, -0.2) is 0 Å². The summed E-state index contributed by atoms with van der Waals surface area (Å²) in [4.78, 5) is 4.71. The van der Waals surface area contributed by atoms with Crippen LogP contribution in [0.5, 0.6) is 0 Å². The first-order valence-electron chi connectivity index (χ1n) is 6.72. The van der Waals surface area contributed by atoms with Crippen molar-refractivity contribution in [1.82, 2.24) is 10.6 Å². The Labute approximate surface area is 110 Å². The van der Waals surface area contributed by atoms with E-state index in [-0.39, 0.29) is 0 Å². The first-order chi connectivity index (χ1) is 8.06. The molecule has 0 bridgehead atoms. The van der Waals surface area contributed by atoms with E-state index in [4.69, 9.17) is 4.99 Å². The second kappa shape index (κ2) is 7.14. The van der Waals surface area contributed by atoms with Crippen molar-refractivity contribution in [2.45, 2.75) is 45.3 Å². The predicted octanol–water partition coefficient (Wildman–Crippen LogP) is 2.48. The lowest BCUT2D eigenvalue weighted by atomic mass is 10.1. The number of aliphatic imine (C=N–C) groups is 1. The predicted molar refractivity (Wildman–Crippen MR) is 78.9 cm³/mol. The van der Waals surface area contributed by atoms with Crippen molar-refractivity contribution in [1.29, 1.82) is 0 Å². The molecule has 1 rings (SSSR count). The highest BCUT2D eigenvalue weighted by Gasteiger charge is 2.29. The smallest absolute Gasteiger partial charge is 0.191 e. The first kappa shape index (κ1) is 14.7. The second-order valence-electron chi connectivity index (χ2n) is 5.37. The van der Waals surface area contributed by atoms with Crippen molar-refractivity contribution < 1.29 is 0 Å². The normalized spacial score (nSPS) is 25.4. The average Bonchev–Trinajstić information content (AvgIpc) is 2.70. The van der Waals surface area contributed by atoms with Crippen LogP contribution in [-0.4, -0.2) is 36.1 Å². The van der Waals surface area contributed by atoms with Crippen LogP contribution >= 0.6 is 11.8 Å². The Morgan fingerprint density at radius 1 is 1.41 bits per heavy atom. The summed E-state index contributed by atoms with van der Waals surface area (Å²) in [5, 5.41) is 6.70. The van der Waals surface area contributed by atoms with Gasteiger partial charge in [-0.05, 0) is 38.4 Å². The Balaban J connectivity index is 2.44. The zero-order valence-corrected chi connectivity index (χ0v) is 12.5. The molecule has 0 aromatic rings. The second-order valence-corrected chi connectivity index (χ2v) is 7.05. The maximum Gasteiger partial charge on any atom is 0.191 e. The van der Waals surface area contributed by atoms with Crippen molar-refractivity contribution in [2.75, 3.05) is 25.4 Å². The summed E-state index contributed by atoms with van der Waals surface area (Å²) in [7, 11) is 0. The number of nitrogens with zero attached hydrogens (tertiary/aromatic N) is 1. The Kier molecular flexibility index (Phi) is 6.17. The van der Waals surface area contributed by atoms with E-state index in [2.05, 4.69) is 50.1 Å². The molecule has 4 heteroatoms. The van der Waals surface area contributed by atoms with Crippen LogP contribution in [-0.2, 0) is 0 Å². The number of rotatable bonds is 5. The summed E-state index contributed by atoms with van der Waals surface area (Å²) >= 11 is 2.07. The van der Waals surface area contributed by atoms with Gasteiger partial charge in [-0.3, -0.25) is 4.99 Å². The minimum atomic E-state index is 0.361. The van der Waals surface area contributed by atoms with E-state index in [1.54, 1.807) is 0 Å². The minimum Gasteiger partial charge on any atom is -0.357 e. The molecule has 1 fully saturated rings. The van der Waals surface area contributed by atoms with Gasteiger partial charge in [0.2, 0.25) is 0 Å². The lowest BCUT2D eigenvalue weighted by Gasteiger charge is -2.21. The highest BCUT2D eigenvalue weighted by Crippen LogP contribution is 2.37. The van der Waals surface area contributed by atoms with Gasteiger partial charge in [0, 0.05) is 17.8 Å². The standard InChI is InChI=1S/C13H27N3S/c1-5-14-12(15-9-11(2)3)16-10-13(4)7-6-8-17-13/h11H,5-10H2,1-4H3,(H2,14,15,16). The van der Waals surface area contributed by atoms with Gasteiger partial charge in [0.25, 0.3) is 0 Å². The summed E-state index contributed by atoms with van der Waals surface area (Å²) in [5.74, 6) is 2.91. The monoisotopic (exact) mass is 257 g/mol. The molecule has 1 saturated heterocycles. The van der Waals surface area contributed by atoms with Crippen LogP contribution in [0.1, 0.15) is 40.5 Å². The molecule has 3 nitrogen and oxygen atoms in total. The van der Waals surface area contributed by atoms with Gasteiger partial charge in [0.15, 0.2) is 5.96 Å². The molecule has 0 aromatic carbocycles. The van der Waals surface area contributed by atoms with Crippen molar-refractivity contribution in [2.24, 2.45) is 10.9 Å². The van der Waals surface area contributed by atoms with Gasteiger partial charge >= 0.3 is 0 Å². The van der Waals surface area contributed by atoms with E-state index in [1.807, 2.05) is 0 Å². The molecular formula is C13H27N3S. The van der Waals surface area contributed by atoms with Crippen LogP contribution in [0.25, 0.3) is 0 Å². The molecule has 1 aliphatic rings. The molecule has 17 heavy (non-hydrogen) atoms. The molecular weight excluding hydrogens is 230 g/mol. The summed E-state index contributed by atoms with van der Waals surface area (Å²) < 4.78 is 0.361. The zero-order chi connectivity index (χ0) is 12.7. The number of hydrogen-bond acceptors (Lipinski definition) is 2. The van der Waals surface area contributed by atoms with Gasteiger partial charge in [0.1, 0.15) is 0 Å². The van der Waals surface area contributed by atoms with Crippen molar-refractivity contribution in [3.63, 3.8) is 0 Å². The molecule has 0 radical (unpaired) electrons. The van der Waals surface area contributed by atoms with Crippen LogP contribution in [0.4, 0.5) is 0 Å². The summed E-state index contributed by atoms with van der Waals surface area (Å²) in [6.07, 6.45) is 2.64. The lowest BCUT2D eigenvalue weighted by molar-refractivity contribution is 0.598. The van der Waals surface area contributed by atoms with Crippen LogP contribution < -0.4 is 10.6 Å². The number of thioether (sulfide) groups is 1. The fraction of sp³-hybridized carbons (Fsp3) is 0.923. The van der Waals surface area contributed by atoms with E-state index in [9.17, 15) is 0 Å². The fourth-order valence-corrected chi connectivity index (χ4v) is 3.08. The molecule has 0 saturated carbocycles. The van der Waals surface area contributed by atoms with E-state index < -0.39 is 0 Å². The molecule has 100 valence electrons. The average molecular weight is 257 g/mol. The molecule has 0 aromatic heterocycles. The molecule has 1 heterocycles. The molecule has 2 N–H and O–H groups in total. The Morgan fingerprint density at radius 3 is 2.71 bits per heavy atom. The SMILES string of the molecule is CCNC(=NCC1(C)CCCS1)NCC(C)C. The van der Waals surface area contributed by atoms with E-state index in [0.29, 0.717) is 10.7 Å². The van der Waals surface area contributed by atoms with E-state index in [1.165, 1.54) is 18.6 Å². The van der Waals surface area contributed by atoms with Crippen molar-refractivity contribution in [3.8, 4) is 0 Å². The third-order valence-electron chi connectivity index (χ3n) is 2.89. The van der Waals surface area contributed by atoms with Gasteiger partial charge in [0.05, 0.1) is 6.54 Å². The quantitative estimate of drug-likeness (QED) is 0.587. The maximum absolute atomic E-state index is 4.71. The first-order valence-corrected chi connectivity index (χ1v) is 7.70. The number of guanidine groups is 1. The van der Waals surface area contributed by atoms with Crippen LogP contribution in [0.2, 0.25) is 0 Å². The van der Waals surface area contributed by atoms with Gasteiger partial charge < -0.3 is 10.6 Å². The van der Waals surface area contributed by atoms with Gasteiger partial charge in [-0.1, -0.05) is 13.8 Å². The largest absolute Gasteiger partial charge is 0.357 e. The zero-order valence-electron chi connectivity index (χ0n) is 11.7. The molecule has 0 spiro atoms. The van der Waals surface area contributed by atoms with Crippen molar-refractivity contribution in [3.05, 3.63) is 0 Å². The van der Waals surface area contributed by atoms with E-state index >= 15 is 0 Å². The topological polar surface area (TPSA) is 36.4 Å². The van der Waals surface area contributed by atoms with Gasteiger partial charge in [-0.15, -0.1) is 0 Å². The van der Waals surface area contributed by atoms with Crippen LogP contribution in [0, 0.1) is 5.92 Å². The van der Waals surface area contributed by atoms with Gasteiger partial charge in [-0.2, -0.15) is 11.8 Å². The molecule has 1 aliphatic heterocycles. The van der Waals surface area contributed by atoms with E-state index in [0.717, 1.165) is 25.6 Å². The molecule has 0 amide bonds. The highest BCUT2D eigenvalue weighted by atomic mass is 32.2. The third kappa shape index (κ3) is 5.66. The Morgan fingerprint density at radius 2 is 2.18 bits per heavy atom. The minimum absolute atomic E-state index is 0.361. The fourth-order valence-electron chi connectivity index (χ4n) is 1.85. The molecule has 0 aliphatic carbocycles. The highest BCUT2D eigenvalue weighted by molar-refractivity contribution is 8.00. The summed E-state index contributed by atoms with van der Waals surface area (Å²) in [6, 6.07) is 0. The summed E-state index contributed by atoms with van der Waals surface area (Å²) in [6.45, 7) is 11.7. The van der Waals surface area contributed by atoms with Crippen LogP contribution in [0.3, 0.4) is 0 Å².